The normalized spacial score (nSPS) is 11.5. The lowest BCUT2D eigenvalue weighted by Crippen LogP contribution is -2.19. The summed E-state index contributed by atoms with van der Waals surface area (Å²) in [6.07, 6.45) is -3.04. The molecule has 122 valence electrons. The van der Waals surface area contributed by atoms with Crippen LogP contribution in [0.1, 0.15) is 21.5 Å². The molecule has 6 heteroatoms. The molecular weight excluding hydrogens is 317 g/mol. The zero-order chi connectivity index (χ0) is 17.3. The first-order chi connectivity index (χ1) is 11.4. The van der Waals surface area contributed by atoms with Crippen LogP contribution in [0.25, 0.3) is 10.9 Å². The third-order valence-electron chi connectivity index (χ3n) is 3.61. The van der Waals surface area contributed by atoms with Crippen LogP contribution in [0.3, 0.4) is 0 Å². The maximum absolute atomic E-state index is 13.1. The van der Waals surface area contributed by atoms with Crippen LogP contribution >= 0.6 is 0 Å². The Morgan fingerprint density at radius 2 is 1.83 bits per heavy atom. The fourth-order valence-corrected chi connectivity index (χ4v) is 2.49. The lowest BCUT2D eigenvalue weighted by atomic mass is 10.0. The molecule has 1 N–H and O–H groups in total. The maximum atomic E-state index is 13.1. The summed E-state index contributed by atoms with van der Waals surface area (Å²) in [6.45, 7) is 1.64. The highest BCUT2D eigenvalue weighted by atomic mass is 19.4. The Balaban J connectivity index is 2.03. The molecule has 1 heterocycles. The first kappa shape index (κ1) is 16.0. The van der Waals surface area contributed by atoms with Crippen molar-refractivity contribution in [1.82, 2.24) is 4.98 Å². The molecule has 0 saturated carbocycles. The number of aromatic nitrogens is 1. The molecule has 0 bridgehead atoms. The molecule has 0 fully saturated rings. The van der Waals surface area contributed by atoms with Gasteiger partial charge in [0.1, 0.15) is 0 Å². The van der Waals surface area contributed by atoms with E-state index in [1.165, 1.54) is 12.1 Å². The molecule has 0 aliphatic carbocycles. The smallest absolute Gasteiger partial charge is 0.320 e. The van der Waals surface area contributed by atoms with Crippen molar-refractivity contribution in [2.75, 3.05) is 5.32 Å². The van der Waals surface area contributed by atoms with Gasteiger partial charge in [-0.1, -0.05) is 29.8 Å². The Morgan fingerprint density at radius 3 is 2.58 bits per heavy atom. The molecule has 3 rings (SSSR count). The molecule has 24 heavy (non-hydrogen) atoms. The van der Waals surface area contributed by atoms with E-state index in [4.69, 9.17) is 0 Å². The number of benzene rings is 2. The predicted molar refractivity (Wildman–Crippen MR) is 85.9 cm³/mol. The Hall–Kier alpha value is -2.89. The van der Waals surface area contributed by atoms with Crippen LogP contribution in [-0.2, 0) is 6.18 Å². The van der Waals surface area contributed by atoms with Gasteiger partial charge in [-0.15, -0.1) is 0 Å². The van der Waals surface area contributed by atoms with Crippen LogP contribution in [-0.4, -0.2) is 10.9 Å². The molecule has 0 saturated heterocycles. The van der Waals surface area contributed by atoms with Crippen molar-refractivity contribution in [2.24, 2.45) is 0 Å². The summed E-state index contributed by atoms with van der Waals surface area (Å²) in [5.74, 6) is -0.816. The molecule has 3 nitrogen and oxygen atoms in total. The second-order valence-electron chi connectivity index (χ2n) is 5.38. The minimum absolute atomic E-state index is 0.368. The van der Waals surface area contributed by atoms with E-state index >= 15 is 0 Å². The molecule has 0 atom stereocenters. The van der Waals surface area contributed by atoms with E-state index in [1.54, 1.807) is 31.3 Å². The van der Waals surface area contributed by atoms with Crippen molar-refractivity contribution < 1.29 is 18.0 Å². The third kappa shape index (κ3) is 3.08. The van der Waals surface area contributed by atoms with Crippen LogP contribution in [0.15, 0.2) is 54.7 Å². The first-order valence-corrected chi connectivity index (χ1v) is 7.19. The number of carbonyl (C=O) groups is 1. The quantitative estimate of drug-likeness (QED) is 0.732. The average Bonchev–Trinajstić information content (AvgIpc) is 2.54. The van der Waals surface area contributed by atoms with Crippen molar-refractivity contribution in [2.45, 2.75) is 13.1 Å². The Bertz CT molecular complexity index is 914. The number of pyridine rings is 1. The number of anilines is 1. The number of amides is 1. The summed E-state index contributed by atoms with van der Waals surface area (Å²) in [4.78, 5) is 16.6. The standard InChI is InChI=1S/C18H13F3N2O/c1-11-7-8-14(18(19,20)21)13(10-11)17(24)23-15-6-2-4-12-5-3-9-22-16(12)15/h2-10H,1H3,(H,23,24). The minimum atomic E-state index is -4.60. The van der Waals surface area contributed by atoms with Gasteiger partial charge >= 0.3 is 6.18 Å². The zero-order valence-corrected chi connectivity index (χ0v) is 12.7. The van der Waals surface area contributed by atoms with Gasteiger partial charge in [0.05, 0.1) is 22.3 Å². The van der Waals surface area contributed by atoms with Gasteiger partial charge in [-0.3, -0.25) is 9.78 Å². The Kier molecular flexibility index (Phi) is 3.97. The number of fused-ring (bicyclic) bond motifs is 1. The SMILES string of the molecule is Cc1ccc(C(F)(F)F)c(C(=O)Nc2cccc3cccnc23)c1. The number of alkyl halides is 3. The van der Waals surface area contributed by atoms with Crippen LogP contribution < -0.4 is 5.32 Å². The predicted octanol–water partition coefficient (Wildman–Crippen LogP) is 4.81. The molecule has 0 aliphatic heterocycles. The van der Waals surface area contributed by atoms with Gasteiger partial charge in [0, 0.05) is 11.6 Å². The van der Waals surface area contributed by atoms with E-state index < -0.39 is 23.2 Å². The average molecular weight is 330 g/mol. The molecule has 1 aromatic heterocycles. The number of para-hydroxylation sites is 1. The van der Waals surface area contributed by atoms with Gasteiger partial charge < -0.3 is 5.32 Å². The van der Waals surface area contributed by atoms with E-state index in [1.807, 2.05) is 12.1 Å². The van der Waals surface area contributed by atoms with E-state index in [2.05, 4.69) is 10.3 Å². The molecular formula is C18H13F3N2O. The van der Waals surface area contributed by atoms with Gasteiger partial charge in [-0.25, -0.2) is 0 Å². The van der Waals surface area contributed by atoms with Crippen molar-refractivity contribution >= 4 is 22.5 Å². The summed E-state index contributed by atoms with van der Waals surface area (Å²) in [5.41, 5.74) is 0.0979. The topological polar surface area (TPSA) is 42.0 Å². The highest BCUT2D eigenvalue weighted by Crippen LogP contribution is 2.33. The van der Waals surface area contributed by atoms with Crippen molar-refractivity contribution in [3.8, 4) is 0 Å². The van der Waals surface area contributed by atoms with E-state index in [0.29, 0.717) is 16.8 Å². The van der Waals surface area contributed by atoms with Crippen LogP contribution in [0.5, 0.6) is 0 Å². The van der Waals surface area contributed by atoms with Gasteiger partial charge in [0.25, 0.3) is 5.91 Å². The highest BCUT2D eigenvalue weighted by Gasteiger charge is 2.35. The number of hydrogen-bond donors (Lipinski definition) is 1. The number of carbonyl (C=O) groups excluding carboxylic acids is 1. The molecule has 0 radical (unpaired) electrons. The number of aryl methyl sites for hydroxylation is 1. The molecule has 3 aromatic rings. The fourth-order valence-electron chi connectivity index (χ4n) is 2.49. The second kappa shape index (κ2) is 5.96. The van der Waals surface area contributed by atoms with Gasteiger partial charge in [-0.2, -0.15) is 13.2 Å². The summed E-state index contributed by atoms with van der Waals surface area (Å²) in [5, 5.41) is 3.33. The number of halogens is 3. The summed E-state index contributed by atoms with van der Waals surface area (Å²) in [6, 6.07) is 12.2. The van der Waals surface area contributed by atoms with Gasteiger partial charge in [0.15, 0.2) is 0 Å². The molecule has 1 amide bonds. The zero-order valence-electron chi connectivity index (χ0n) is 12.7. The molecule has 2 aromatic carbocycles. The van der Waals surface area contributed by atoms with Crippen LogP contribution in [0.4, 0.5) is 18.9 Å². The number of nitrogens with one attached hydrogen (secondary N) is 1. The second-order valence-corrected chi connectivity index (χ2v) is 5.38. The minimum Gasteiger partial charge on any atom is -0.320 e. The van der Waals surface area contributed by atoms with Gasteiger partial charge in [0.2, 0.25) is 0 Å². The summed E-state index contributed by atoms with van der Waals surface area (Å²) in [7, 11) is 0. The lowest BCUT2D eigenvalue weighted by molar-refractivity contribution is -0.137. The largest absolute Gasteiger partial charge is 0.417 e. The molecule has 0 aliphatic rings. The monoisotopic (exact) mass is 330 g/mol. The van der Waals surface area contributed by atoms with Crippen LogP contribution in [0, 0.1) is 6.92 Å². The first-order valence-electron chi connectivity index (χ1n) is 7.19. The summed E-state index contributed by atoms with van der Waals surface area (Å²) < 4.78 is 39.4. The summed E-state index contributed by atoms with van der Waals surface area (Å²) >= 11 is 0. The Labute approximate surface area is 136 Å². The van der Waals surface area contributed by atoms with E-state index in [9.17, 15) is 18.0 Å². The third-order valence-corrected chi connectivity index (χ3v) is 3.61. The number of rotatable bonds is 2. The Morgan fingerprint density at radius 1 is 1.08 bits per heavy atom. The number of hydrogen-bond acceptors (Lipinski definition) is 2. The van der Waals surface area contributed by atoms with Crippen molar-refractivity contribution in [1.29, 1.82) is 0 Å². The van der Waals surface area contributed by atoms with E-state index in [0.717, 1.165) is 11.5 Å². The van der Waals surface area contributed by atoms with Crippen molar-refractivity contribution in [3.63, 3.8) is 0 Å². The van der Waals surface area contributed by atoms with E-state index in [-0.39, 0.29) is 0 Å². The van der Waals surface area contributed by atoms with Gasteiger partial charge in [-0.05, 0) is 31.2 Å². The molecule has 0 unspecified atom stereocenters. The van der Waals surface area contributed by atoms with Crippen LogP contribution in [0.2, 0.25) is 0 Å². The van der Waals surface area contributed by atoms with Crippen molar-refractivity contribution in [3.05, 3.63) is 71.4 Å². The maximum Gasteiger partial charge on any atom is 0.417 e. The fraction of sp³-hybridized carbons (Fsp3) is 0.111. The lowest BCUT2D eigenvalue weighted by Gasteiger charge is -2.14. The number of nitrogens with zero attached hydrogens (tertiary/aromatic N) is 1. The molecule has 0 spiro atoms. The highest BCUT2D eigenvalue weighted by molar-refractivity contribution is 6.09.